The van der Waals surface area contributed by atoms with Gasteiger partial charge in [0.2, 0.25) is 0 Å². The minimum Gasteiger partial charge on any atom is -0.330 e. The Hall–Kier alpha value is -2.45. The molecule has 1 saturated heterocycles. The molecule has 0 unspecified atom stereocenters. The summed E-state index contributed by atoms with van der Waals surface area (Å²) >= 11 is 0. The molecule has 32 heavy (non-hydrogen) atoms. The summed E-state index contributed by atoms with van der Waals surface area (Å²) in [5.41, 5.74) is 1.78. The van der Waals surface area contributed by atoms with E-state index in [0.717, 1.165) is 31.2 Å². The van der Waals surface area contributed by atoms with Crippen molar-refractivity contribution in [2.24, 2.45) is 0 Å². The van der Waals surface area contributed by atoms with E-state index in [1.54, 1.807) is 17.0 Å². The molecule has 2 aromatic carbocycles. The van der Waals surface area contributed by atoms with E-state index in [9.17, 15) is 17.6 Å². The van der Waals surface area contributed by atoms with Gasteiger partial charge in [0.25, 0.3) is 0 Å². The first-order valence-electron chi connectivity index (χ1n) is 10.8. The molecule has 0 aromatic heterocycles. The molecule has 2 amide bonds. The van der Waals surface area contributed by atoms with Crippen molar-refractivity contribution in [3.63, 3.8) is 0 Å². The third kappa shape index (κ3) is 4.26. The topological polar surface area (TPSA) is 69.7 Å². The summed E-state index contributed by atoms with van der Waals surface area (Å²) < 4.78 is 37.3. The van der Waals surface area contributed by atoms with Gasteiger partial charge >= 0.3 is 6.03 Å². The Morgan fingerprint density at radius 3 is 2.25 bits per heavy atom. The highest BCUT2D eigenvalue weighted by Gasteiger charge is 2.50. The minimum atomic E-state index is -3.23. The molecular weight excluding hydrogens is 429 g/mol. The van der Waals surface area contributed by atoms with Gasteiger partial charge in [-0.15, -0.1) is 0 Å². The molecule has 0 radical (unpaired) electrons. The van der Waals surface area contributed by atoms with Crippen molar-refractivity contribution in [3.05, 3.63) is 65.5 Å². The Morgan fingerprint density at radius 1 is 1.03 bits per heavy atom. The summed E-state index contributed by atoms with van der Waals surface area (Å²) in [6.07, 6.45) is 4.40. The standard InChI is InChI=1S/C24H30FN3O3S/c1-27(2)24(19-8-10-20(25)11-9-19)14-12-23(13-15-24)17-28(22(29)26-23)21-7-5-4-6-18(21)16-32(3,30)31/h4-11H,12-17H2,1-3H3,(H,26,29). The van der Waals surface area contributed by atoms with Crippen LogP contribution in [-0.2, 0) is 21.1 Å². The van der Waals surface area contributed by atoms with Crippen molar-refractivity contribution >= 4 is 21.6 Å². The van der Waals surface area contributed by atoms with Crippen LogP contribution in [0.25, 0.3) is 0 Å². The van der Waals surface area contributed by atoms with Gasteiger partial charge in [-0.2, -0.15) is 0 Å². The molecule has 1 N–H and O–H groups in total. The monoisotopic (exact) mass is 459 g/mol. The second kappa shape index (κ2) is 8.15. The summed E-state index contributed by atoms with van der Waals surface area (Å²) in [5.74, 6) is -0.352. The number of nitrogens with zero attached hydrogens (tertiary/aromatic N) is 2. The van der Waals surface area contributed by atoms with Gasteiger partial charge in [0.05, 0.1) is 17.8 Å². The Kier molecular flexibility index (Phi) is 5.79. The molecule has 172 valence electrons. The van der Waals surface area contributed by atoms with Crippen LogP contribution in [-0.4, -0.2) is 51.8 Å². The third-order valence-corrected chi connectivity index (χ3v) is 7.89. The van der Waals surface area contributed by atoms with Crippen LogP contribution in [0.3, 0.4) is 0 Å². The number of halogens is 1. The lowest BCUT2D eigenvalue weighted by Gasteiger charge is -2.48. The Balaban J connectivity index is 1.57. The molecule has 2 aromatic rings. The average Bonchev–Trinajstić information content (AvgIpc) is 3.04. The summed E-state index contributed by atoms with van der Waals surface area (Å²) in [7, 11) is 0.859. The van der Waals surface area contributed by atoms with Crippen LogP contribution >= 0.6 is 0 Å². The van der Waals surface area contributed by atoms with E-state index in [2.05, 4.69) is 10.2 Å². The first-order valence-corrected chi connectivity index (χ1v) is 12.9. The predicted molar refractivity (Wildman–Crippen MR) is 124 cm³/mol. The number of amides is 2. The predicted octanol–water partition coefficient (Wildman–Crippen LogP) is 3.67. The summed E-state index contributed by atoms with van der Waals surface area (Å²) in [4.78, 5) is 16.9. The van der Waals surface area contributed by atoms with E-state index in [4.69, 9.17) is 0 Å². The maximum absolute atomic E-state index is 13.5. The summed E-state index contributed by atoms with van der Waals surface area (Å²) in [6, 6.07) is 13.7. The fourth-order valence-electron chi connectivity index (χ4n) is 5.26. The number of anilines is 1. The van der Waals surface area contributed by atoms with E-state index in [1.807, 2.05) is 38.4 Å². The average molecular weight is 460 g/mol. The molecule has 1 spiro atoms. The van der Waals surface area contributed by atoms with Gasteiger partial charge in [0.15, 0.2) is 9.84 Å². The van der Waals surface area contributed by atoms with Gasteiger partial charge in [-0.3, -0.25) is 9.80 Å². The molecule has 2 aliphatic rings. The molecule has 0 bridgehead atoms. The molecule has 2 fully saturated rings. The van der Waals surface area contributed by atoms with Crippen LogP contribution in [0.15, 0.2) is 48.5 Å². The van der Waals surface area contributed by atoms with Gasteiger partial charge in [0, 0.05) is 17.5 Å². The van der Waals surface area contributed by atoms with Gasteiger partial charge in [0.1, 0.15) is 5.82 Å². The van der Waals surface area contributed by atoms with Crippen LogP contribution in [0.2, 0.25) is 0 Å². The van der Waals surface area contributed by atoms with Crippen molar-refractivity contribution in [3.8, 4) is 0 Å². The lowest BCUT2D eigenvalue weighted by atomic mass is 9.69. The SMILES string of the molecule is CN(C)C1(c2ccc(F)cc2)CCC2(CC1)CN(c1ccccc1CS(C)(=O)=O)C(=O)N2. The zero-order chi connectivity index (χ0) is 23.1. The maximum Gasteiger partial charge on any atom is 0.322 e. The fourth-order valence-corrected chi connectivity index (χ4v) is 6.07. The number of para-hydroxylation sites is 1. The quantitative estimate of drug-likeness (QED) is 0.741. The number of sulfone groups is 1. The highest BCUT2D eigenvalue weighted by Crippen LogP contribution is 2.46. The number of nitrogens with one attached hydrogen (secondary N) is 1. The number of carbonyl (C=O) groups is 1. The fraction of sp³-hybridized carbons (Fsp3) is 0.458. The molecule has 1 heterocycles. The van der Waals surface area contributed by atoms with Crippen molar-refractivity contribution in [1.82, 2.24) is 10.2 Å². The number of benzene rings is 2. The molecule has 1 aliphatic carbocycles. The Labute approximate surface area is 189 Å². The van der Waals surface area contributed by atoms with Crippen molar-refractivity contribution in [2.75, 3.05) is 31.8 Å². The molecule has 8 heteroatoms. The molecule has 4 rings (SSSR count). The van der Waals surface area contributed by atoms with Gasteiger partial charge in [-0.1, -0.05) is 30.3 Å². The number of carbonyl (C=O) groups excluding carboxylic acids is 1. The van der Waals surface area contributed by atoms with E-state index < -0.39 is 9.84 Å². The van der Waals surface area contributed by atoms with Gasteiger partial charge < -0.3 is 5.32 Å². The first kappa shape index (κ1) is 22.7. The highest BCUT2D eigenvalue weighted by molar-refractivity contribution is 7.89. The number of rotatable bonds is 5. The maximum atomic E-state index is 13.5. The minimum absolute atomic E-state index is 0.103. The molecule has 1 aliphatic heterocycles. The number of urea groups is 1. The summed E-state index contributed by atoms with van der Waals surface area (Å²) in [6.45, 7) is 0.500. The van der Waals surface area contributed by atoms with Crippen LogP contribution < -0.4 is 10.2 Å². The second-order valence-corrected chi connectivity index (χ2v) is 11.6. The van der Waals surface area contributed by atoms with Crippen molar-refractivity contribution < 1.29 is 17.6 Å². The lowest BCUT2D eigenvalue weighted by Crippen LogP contribution is -2.54. The molecule has 1 saturated carbocycles. The number of hydrogen-bond acceptors (Lipinski definition) is 4. The van der Waals surface area contributed by atoms with E-state index in [0.29, 0.717) is 17.8 Å². The normalized spacial score (nSPS) is 26.0. The van der Waals surface area contributed by atoms with Crippen LogP contribution in [0.4, 0.5) is 14.9 Å². The third-order valence-electron chi connectivity index (χ3n) is 7.05. The van der Waals surface area contributed by atoms with E-state index in [1.165, 1.54) is 18.4 Å². The first-order chi connectivity index (χ1) is 15.0. The molecule has 6 nitrogen and oxygen atoms in total. The molecular formula is C24H30FN3O3S. The van der Waals surface area contributed by atoms with Crippen LogP contribution in [0, 0.1) is 5.82 Å². The Morgan fingerprint density at radius 2 is 1.66 bits per heavy atom. The highest BCUT2D eigenvalue weighted by atomic mass is 32.2. The number of hydrogen-bond donors (Lipinski definition) is 1. The summed E-state index contributed by atoms with van der Waals surface area (Å²) in [5, 5.41) is 3.20. The Bertz CT molecular complexity index is 1110. The van der Waals surface area contributed by atoms with Crippen molar-refractivity contribution in [2.45, 2.75) is 42.5 Å². The van der Waals surface area contributed by atoms with Crippen LogP contribution in [0.1, 0.15) is 36.8 Å². The van der Waals surface area contributed by atoms with Crippen molar-refractivity contribution in [1.29, 1.82) is 0 Å². The smallest absolute Gasteiger partial charge is 0.322 e. The second-order valence-electron chi connectivity index (χ2n) is 9.43. The molecule has 0 atom stereocenters. The largest absolute Gasteiger partial charge is 0.330 e. The van der Waals surface area contributed by atoms with Crippen LogP contribution in [0.5, 0.6) is 0 Å². The van der Waals surface area contributed by atoms with E-state index >= 15 is 0 Å². The van der Waals surface area contributed by atoms with Gasteiger partial charge in [-0.25, -0.2) is 17.6 Å². The zero-order valence-corrected chi connectivity index (χ0v) is 19.6. The lowest BCUT2D eigenvalue weighted by molar-refractivity contribution is 0.0657. The van der Waals surface area contributed by atoms with Gasteiger partial charge in [-0.05, 0) is 69.1 Å². The zero-order valence-electron chi connectivity index (χ0n) is 18.8. The van der Waals surface area contributed by atoms with E-state index in [-0.39, 0.29) is 28.7 Å².